The molecule has 5 nitrogen and oxygen atoms in total. The largest absolute Gasteiger partial charge is 0.345 e. The molecule has 1 aliphatic heterocycles. The molecule has 0 unspecified atom stereocenters. The maximum absolute atomic E-state index is 13.4. The molecule has 2 heterocycles. The molecule has 4 rings (SSSR count). The van der Waals surface area contributed by atoms with Gasteiger partial charge in [0.2, 0.25) is 10.0 Å². The minimum atomic E-state index is -3.71. The van der Waals surface area contributed by atoms with Crippen LogP contribution in [0.4, 0.5) is 9.52 Å². The van der Waals surface area contributed by atoms with E-state index in [1.165, 1.54) is 33.1 Å². The fourth-order valence-corrected chi connectivity index (χ4v) is 6.19. The van der Waals surface area contributed by atoms with Crippen molar-refractivity contribution in [2.75, 3.05) is 31.1 Å². The minimum Gasteiger partial charge on any atom is -0.345 e. The molecule has 0 aliphatic carbocycles. The Balaban J connectivity index is 1.42. The van der Waals surface area contributed by atoms with Crippen LogP contribution in [0.1, 0.15) is 22.4 Å². The smallest absolute Gasteiger partial charge is 0.243 e. The van der Waals surface area contributed by atoms with Crippen LogP contribution in [0.25, 0.3) is 0 Å². The number of piperazine rings is 1. The van der Waals surface area contributed by atoms with Crippen LogP contribution in [-0.2, 0) is 16.4 Å². The second kappa shape index (κ2) is 8.86. The molecule has 2 aromatic carbocycles. The summed E-state index contributed by atoms with van der Waals surface area (Å²) in [5.74, 6) is -0.633. The van der Waals surface area contributed by atoms with Gasteiger partial charge in [-0.3, -0.25) is 0 Å². The fraction of sp³-hybridized carbons (Fsp3) is 0.318. The first-order chi connectivity index (χ1) is 14.7. The van der Waals surface area contributed by atoms with E-state index in [1.807, 2.05) is 0 Å². The Morgan fingerprint density at radius 3 is 2.55 bits per heavy atom. The number of halogens is 2. The third-order valence-electron chi connectivity index (χ3n) is 5.45. The molecule has 0 N–H and O–H groups in total. The molecule has 3 aromatic rings. The summed E-state index contributed by atoms with van der Waals surface area (Å²) in [5, 5.41) is 2.78. The molecule has 1 aromatic heterocycles. The maximum Gasteiger partial charge on any atom is 0.243 e. The van der Waals surface area contributed by atoms with E-state index >= 15 is 0 Å². The van der Waals surface area contributed by atoms with E-state index in [0.29, 0.717) is 26.2 Å². The van der Waals surface area contributed by atoms with Crippen molar-refractivity contribution in [2.24, 2.45) is 0 Å². The first-order valence-corrected chi connectivity index (χ1v) is 12.6. The Labute approximate surface area is 191 Å². The number of benzene rings is 2. The van der Waals surface area contributed by atoms with Gasteiger partial charge in [-0.1, -0.05) is 35.4 Å². The SMILES string of the molecule is Cc1ccc(C)c(Cc2csc(N3CCN(S(=O)(=O)c4ccc(F)c(Cl)c4)CC3)n2)c1. The maximum atomic E-state index is 13.4. The highest BCUT2D eigenvalue weighted by Crippen LogP contribution is 2.27. The lowest BCUT2D eigenvalue weighted by Crippen LogP contribution is -2.48. The molecule has 0 amide bonds. The average Bonchev–Trinajstić information content (AvgIpc) is 3.21. The summed E-state index contributed by atoms with van der Waals surface area (Å²) >= 11 is 7.35. The quantitative estimate of drug-likeness (QED) is 0.534. The zero-order valence-electron chi connectivity index (χ0n) is 17.3. The second-order valence-corrected chi connectivity index (χ2v) is 10.9. The molecule has 1 fully saturated rings. The Morgan fingerprint density at radius 2 is 1.84 bits per heavy atom. The molecule has 1 saturated heterocycles. The van der Waals surface area contributed by atoms with E-state index in [-0.39, 0.29) is 9.92 Å². The van der Waals surface area contributed by atoms with Gasteiger partial charge in [-0.2, -0.15) is 4.31 Å². The molecule has 0 spiro atoms. The van der Waals surface area contributed by atoms with Crippen molar-refractivity contribution in [3.63, 3.8) is 0 Å². The topological polar surface area (TPSA) is 53.5 Å². The van der Waals surface area contributed by atoms with E-state index in [4.69, 9.17) is 16.6 Å². The lowest BCUT2D eigenvalue weighted by atomic mass is 10.0. The van der Waals surface area contributed by atoms with Crippen molar-refractivity contribution >= 4 is 38.1 Å². The Bertz CT molecular complexity index is 1210. The van der Waals surface area contributed by atoms with Crippen LogP contribution in [0.15, 0.2) is 46.7 Å². The molecule has 164 valence electrons. The number of anilines is 1. The molecule has 0 radical (unpaired) electrons. The molecule has 9 heteroatoms. The highest BCUT2D eigenvalue weighted by Gasteiger charge is 2.30. The summed E-state index contributed by atoms with van der Waals surface area (Å²) in [6.07, 6.45) is 0.781. The van der Waals surface area contributed by atoms with Gasteiger partial charge in [-0.05, 0) is 43.2 Å². The summed E-state index contributed by atoms with van der Waals surface area (Å²) in [7, 11) is -3.71. The molecular weight excluding hydrogens is 457 g/mol. The summed E-state index contributed by atoms with van der Waals surface area (Å²) in [6.45, 7) is 5.96. The summed E-state index contributed by atoms with van der Waals surface area (Å²) < 4.78 is 40.6. The predicted molar refractivity (Wildman–Crippen MR) is 123 cm³/mol. The first-order valence-electron chi connectivity index (χ1n) is 9.95. The molecule has 31 heavy (non-hydrogen) atoms. The standard InChI is InChI=1S/C22H23ClFN3O2S2/c1-15-3-4-16(2)17(11-15)12-18-14-30-22(25-18)26-7-9-27(10-8-26)31(28,29)19-5-6-21(24)20(23)13-19/h3-6,11,13-14H,7-10,12H2,1-2H3. The van der Waals surface area contributed by atoms with Gasteiger partial charge in [0.05, 0.1) is 15.6 Å². The van der Waals surface area contributed by atoms with Crippen LogP contribution >= 0.6 is 22.9 Å². The summed E-state index contributed by atoms with van der Waals surface area (Å²) in [6, 6.07) is 9.94. The van der Waals surface area contributed by atoms with Crippen LogP contribution < -0.4 is 4.90 Å². The summed E-state index contributed by atoms with van der Waals surface area (Å²) in [5.41, 5.74) is 4.77. The van der Waals surface area contributed by atoms with Crippen LogP contribution in [0.2, 0.25) is 5.02 Å². The van der Waals surface area contributed by atoms with Gasteiger partial charge in [-0.15, -0.1) is 11.3 Å². The Kier molecular flexibility index (Phi) is 6.35. The van der Waals surface area contributed by atoms with Crippen LogP contribution in [0.3, 0.4) is 0 Å². The van der Waals surface area contributed by atoms with Crippen molar-refractivity contribution in [1.29, 1.82) is 0 Å². The number of hydrogen-bond donors (Lipinski definition) is 0. The molecule has 1 aliphatic rings. The first kappa shape index (κ1) is 22.2. The van der Waals surface area contributed by atoms with Crippen molar-refractivity contribution in [2.45, 2.75) is 25.2 Å². The van der Waals surface area contributed by atoms with Gasteiger partial charge in [-0.25, -0.2) is 17.8 Å². The van der Waals surface area contributed by atoms with E-state index in [0.717, 1.165) is 23.3 Å². The van der Waals surface area contributed by atoms with E-state index in [2.05, 4.69) is 42.3 Å². The highest BCUT2D eigenvalue weighted by molar-refractivity contribution is 7.89. The Hall–Kier alpha value is -2.00. The number of rotatable bonds is 5. The fourth-order valence-electron chi connectivity index (χ4n) is 3.61. The zero-order valence-corrected chi connectivity index (χ0v) is 19.7. The van der Waals surface area contributed by atoms with Gasteiger partial charge < -0.3 is 4.90 Å². The minimum absolute atomic E-state index is 0.0115. The molecule has 0 saturated carbocycles. The van der Waals surface area contributed by atoms with Gasteiger partial charge >= 0.3 is 0 Å². The predicted octanol–water partition coefficient (Wildman–Crippen LogP) is 4.65. The third-order valence-corrected chi connectivity index (χ3v) is 8.59. The highest BCUT2D eigenvalue weighted by atomic mass is 35.5. The number of thiazole rings is 1. The number of aryl methyl sites for hydroxylation is 2. The van der Waals surface area contributed by atoms with Gasteiger partial charge in [0, 0.05) is 38.0 Å². The lowest BCUT2D eigenvalue weighted by Gasteiger charge is -2.33. The monoisotopic (exact) mass is 479 g/mol. The van der Waals surface area contributed by atoms with Crippen molar-refractivity contribution < 1.29 is 12.8 Å². The van der Waals surface area contributed by atoms with Gasteiger partial charge in [0.25, 0.3) is 0 Å². The van der Waals surface area contributed by atoms with Crippen molar-refractivity contribution in [3.05, 3.63) is 75.0 Å². The second-order valence-electron chi connectivity index (χ2n) is 7.70. The lowest BCUT2D eigenvalue weighted by molar-refractivity contribution is 0.384. The Morgan fingerprint density at radius 1 is 1.10 bits per heavy atom. The number of sulfonamides is 1. The number of aromatic nitrogens is 1. The molecule has 0 bridgehead atoms. The average molecular weight is 480 g/mol. The van der Waals surface area contributed by atoms with Crippen molar-refractivity contribution in [3.8, 4) is 0 Å². The van der Waals surface area contributed by atoms with Crippen LogP contribution in [-0.4, -0.2) is 43.9 Å². The van der Waals surface area contributed by atoms with E-state index in [1.54, 1.807) is 11.3 Å². The van der Waals surface area contributed by atoms with Crippen LogP contribution in [0, 0.1) is 19.7 Å². The van der Waals surface area contributed by atoms with Gasteiger partial charge in [0.1, 0.15) is 5.82 Å². The zero-order chi connectivity index (χ0) is 22.2. The normalized spacial score (nSPS) is 15.4. The third kappa shape index (κ3) is 4.77. The number of nitrogens with zero attached hydrogens (tertiary/aromatic N) is 3. The van der Waals surface area contributed by atoms with Crippen LogP contribution in [0.5, 0.6) is 0 Å². The van der Waals surface area contributed by atoms with E-state index < -0.39 is 15.8 Å². The van der Waals surface area contributed by atoms with Gasteiger partial charge in [0.15, 0.2) is 5.13 Å². The van der Waals surface area contributed by atoms with E-state index in [9.17, 15) is 12.8 Å². The molecular formula is C22H23ClFN3O2S2. The van der Waals surface area contributed by atoms with Crippen molar-refractivity contribution in [1.82, 2.24) is 9.29 Å². The molecule has 0 atom stereocenters. The summed E-state index contributed by atoms with van der Waals surface area (Å²) in [4.78, 5) is 6.91. The number of hydrogen-bond acceptors (Lipinski definition) is 5.